The van der Waals surface area contributed by atoms with Crippen LogP contribution in [0.1, 0.15) is 32.6 Å². The summed E-state index contributed by atoms with van der Waals surface area (Å²) in [6.45, 7) is 2.68. The maximum atomic E-state index is 13.9. The van der Waals surface area contributed by atoms with Gasteiger partial charge in [0.05, 0.1) is 24.2 Å². The topological polar surface area (TPSA) is 43.9 Å². The Morgan fingerprint density at radius 2 is 1.96 bits per heavy atom. The minimum Gasteiger partial charge on any atom is -0.292 e. The molecular formula is C18H26FN3O2S. The van der Waals surface area contributed by atoms with Crippen molar-refractivity contribution >= 4 is 21.4 Å². The molecule has 25 heavy (non-hydrogen) atoms. The molecule has 0 bridgehead atoms. The standard InChI is InChI=1S/C18H26FN3O2S/c1-4-22(25(3,23)24)18-13-15(19)9-10-17(18)21-12-11-16(20(21)2)14-7-5-6-8-14/h9-11,13-14H,4-8,12H2,1-3H3. The number of benzene rings is 1. The number of hydrogen-bond acceptors (Lipinski definition) is 4. The number of halogens is 1. The molecule has 1 aromatic rings. The lowest BCUT2D eigenvalue weighted by atomic mass is 10.0. The summed E-state index contributed by atoms with van der Waals surface area (Å²) in [6.07, 6.45) is 8.28. The zero-order valence-corrected chi connectivity index (χ0v) is 15.9. The molecule has 5 nitrogen and oxygen atoms in total. The predicted molar refractivity (Wildman–Crippen MR) is 99.4 cm³/mol. The van der Waals surface area contributed by atoms with Crippen LogP contribution in [0.15, 0.2) is 30.0 Å². The van der Waals surface area contributed by atoms with Gasteiger partial charge in [-0.15, -0.1) is 0 Å². The summed E-state index contributed by atoms with van der Waals surface area (Å²) in [6, 6.07) is 4.36. The molecule has 1 aromatic carbocycles. The molecule has 0 amide bonds. The summed E-state index contributed by atoms with van der Waals surface area (Å²) in [5.74, 6) is 0.128. The summed E-state index contributed by atoms with van der Waals surface area (Å²) in [5, 5.41) is 4.12. The average Bonchev–Trinajstić information content (AvgIpc) is 3.16. The Labute approximate surface area is 149 Å². The monoisotopic (exact) mass is 367 g/mol. The van der Waals surface area contributed by atoms with Crippen LogP contribution in [0, 0.1) is 11.7 Å². The molecule has 7 heteroatoms. The van der Waals surface area contributed by atoms with Gasteiger partial charge in [-0.3, -0.25) is 14.3 Å². The minimum atomic E-state index is -3.48. The Hall–Kier alpha value is -1.76. The Balaban J connectivity index is 1.96. The summed E-state index contributed by atoms with van der Waals surface area (Å²) >= 11 is 0. The van der Waals surface area contributed by atoms with Crippen molar-refractivity contribution in [3.05, 3.63) is 35.8 Å². The molecule has 2 aliphatic rings. The number of hydrogen-bond donors (Lipinski definition) is 0. The number of sulfonamides is 1. The first kappa shape index (κ1) is 18.0. The van der Waals surface area contributed by atoms with Gasteiger partial charge in [0.25, 0.3) is 0 Å². The Morgan fingerprint density at radius 3 is 2.56 bits per heavy atom. The average molecular weight is 367 g/mol. The highest BCUT2D eigenvalue weighted by molar-refractivity contribution is 7.92. The fourth-order valence-electron chi connectivity index (χ4n) is 3.98. The first-order valence-corrected chi connectivity index (χ1v) is 10.7. The van der Waals surface area contributed by atoms with Gasteiger partial charge in [0.15, 0.2) is 0 Å². The second-order valence-electron chi connectivity index (χ2n) is 6.78. The molecule has 0 radical (unpaired) electrons. The zero-order valence-electron chi connectivity index (χ0n) is 15.1. The lowest BCUT2D eigenvalue weighted by molar-refractivity contribution is 0.366. The number of hydrazine groups is 1. The normalized spacial score (nSPS) is 18.8. The van der Waals surface area contributed by atoms with Gasteiger partial charge in [-0.2, -0.15) is 0 Å². The summed E-state index contributed by atoms with van der Waals surface area (Å²) in [4.78, 5) is 0. The smallest absolute Gasteiger partial charge is 0.232 e. The van der Waals surface area contributed by atoms with Crippen molar-refractivity contribution in [2.75, 3.05) is 35.7 Å². The second kappa shape index (κ2) is 6.86. The molecule has 1 aliphatic heterocycles. The first-order valence-electron chi connectivity index (χ1n) is 8.81. The molecule has 0 spiro atoms. The van der Waals surface area contributed by atoms with Crippen LogP contribution in [0.5, 0.6) is 0 Å². The van der Waals surface area contributed by atoms with E-state index in [1.165, 1.54) is 47.8 Å². The number of nitrogens with zero attached hydrogens (tertiary/aromatic N) is 3. The van der Waals surface area contributed by atoms with E-state index in [2.05, 4.69) is 11.1 Å². The second-order valence-corrected chi connectivity index (χ2v) is 8.68. The Kier molecular flexibility index (Phi) is 4.95. The van der Waals surface area contributed by atoms with Crippen molar-refractivity contribution in [1.29, 1.82) is 0 Å². The number of rotatable bonds is 5. The summed E-state index contributed by atoms with van der Waals surface area (Å²) < 4.78 is 39.4. The van der Waals surface area contributed by atoms with E-state index in [9.17, 15) is 12.8 Å². The fraction of sp³-hybridized carbons (Fsp3) is 0.556. The summed E-state index contributed by atoms with van der Waals surface area (Å²) in [5.41, 5.74) is 2.38. The van der Waals surface area contributed by atoms with Gasteiger partial charge in [0.1, 0.15) is 5.82 Å². The molecule has 1 saturated carbocycles. The van der Waals surface area contributed by atoms with Gasteiger partial charge in [-0.05, 0) is 38.0 Å². The third-order valence-electron chi connectivity index (χ3n) is 5.15. The van der Waals surface area contributed by atoms with Crippen LogP contribution < -0.4 is 9.31 Å². The summed E-state index contributed by atoms with van der Waals surface area (Å²) in [7, 11) is -1.48. The van der Waals surface area contributed by atoms with Gasteiger partial charge in [-0.25, -0.2) is 12.8 Å². The van der Waals surface area contributed by atoms with E-state index in [-0.39, 0.29) is 6.54 Å². The molecule has 0 N–H and O–H groups in total. The highest BCUT2D eigenvalue weighted by Gasteiger charge is 2.31. The molecule has 0 aromatic heterocycles. The molecule has 138 valence electrons. The van der Waals surface area contributed by atoms with Crippen LogP contribution in [0.25, 0.3) is 0 Å². The Morgan fingerprint density at radius 1 is 1.28 bits per heavy atom. The van der Waals surface area contributed by atoms with Crippen molar-refractivity contribution in [3.8, 4) is 0 Å². The van der Waals surface area contributed by atoms with Crippen LogP contribution in [0.3, 0.4) is 0 Å². The van der Waals surface area contributed by atoms with E-state index in [4.69, 9.17) is 0 Å². The van der Waals surface area contributed by atoms with Crippen molar-refractivity contribution in [3.63, 3.8) is 0 Å². The Bertz CT molecular complexity index is 773. The van der Waals surface area contributed by atoms with E-state index in [0.29, 0.717) is 23.8 Å². The molecule has 0 saturated heterocycles. The SMILES string of the molecule is CCN(c1cc(F)ccc1N1CC=C(C2CCCC2)N1C)S(C)(=O)=O. The van der Waals surface area contributed by atoms with Gasteiger partial charge in [-0.1, -0.05) is 12.8 Å². The lowest BCUT2D eigenvalue weighted by Crippen LogP contribution is -2.38. The van der Waals surface area contributed by atoms with Gasteiger partial charge in [0, 0.05) is 31.3 Å². The van der Waals surface area contributed by atoms with E-state index >= 15 is 0 Å². The molecule has 0 atom stereocenters. The van der Waals surface area contributed by atoms with Crippen LogP contribution >= 0.6 is 0 Å². The van der Waals surface area contributed by atoms with Crippen molar-refractivity contribution in [2.45, 2.75) is 32.6 Å². The third-order valence-corrected chi connectivity index (χ3v) is 6.41. The number of allylic oxidation sites excluding steroid dienone is 1. The number of anilines is 2. The van der Waals surface area contributed by atoms with Gasteiger partial charge in [0.2, 0.25) is 10.0 Å². The van der Waals surface area contributed by atoms with Crippen LogP contribution in [-0.4, -0.2) is 39.8 Å². The highest BCUT2D eigenvalue weighted by Crippen LogP contribution is 2.39. The zero-order chi connectivity index (χ0) is 18.2. The van der Waals surface area contributed by atoms with E-state index < -0.39 is 15.8 Å². The van der Waals surface area contributed by atoms with Crippen molar-refractivity contribution in [1.82, 2.24) is 5.01 Å². The largest absolute Gasteiger partial charge is 0.292 e. The molecule has 1 heterocycles. The van der Waals surface area contributed by atoms with Crippen LogP contribution in [0.2, 0.25) is 0 Å². The van der Waals surface area contributed by atoms with Crippen LogP contribution in [-0.2, 0) is 10.0 Å². The predicted octanol–water partition coefficient (Wildman–Crippen LogP) is 3.35. The molecule has 1 fully saturated rings. The van der Waals surface area contributed by atoms with E-state index in [1.807, 2.05) is 12.1 Å². The maximum absolute atomic E-state index is 13.9. The van der Waals surface area contributed by atoms with Crippen LogP contribution in [0.4, 0.5) is 15.8 Å². The molecule has 3 rings (SSSR count). The van der Waals surface area contributed by atoms with E-state index in [1.54, 1.807) is 13.0 Å². The minimum absolute atomic E-state index is 0.260. The van der Waals surface area contributed by atoms with Gasteiger partial charge >= 0.3 is 0 Å². The molecule has 0 unspecified atom stereocenters. The maximum Gasteiger partial charge on any atom is 0.232 e. The van der Waals surface area contributed by atoms with Gasteiger partial charge < -0.3 is 0 Å². The molecular weight excluding hydrogens is 341 g/mol. The van der Waals surface area contributed by atoms with E-state index in [0.717, 1.165) is 6.26 Å². The van der Waals surface area contributed by atoms with Crippen molar-refractivity contribution < 1.29 is 12.8 Å². The quantitative estimate of drug-likeness (QED) is 0.801. The fourth-order valence-corrected chi connectivity index (χ4v) is 4.96. The third kappa shape index (κ3) is 3.47. The molecule has 1 aliphatic carbocycles. The first-order chi connectivity index (χ1) is 11.8. The van der Waals surface area contributed by atoms with Crippen molar-refractivity contribution in [2.24, 2.45) is 5.92 Å². The lowest BCUT2D eigenvalue weighted by Gasteiger charge is -2.35. The highest BCUT2D eigenvalue weighted by atomic mass is 32.2.